The van der Waals surface area contributed by atoms with E-state index in [1.165, 1.54) is 7.11 Å². The molecule has 1 heterocycles. The third kappa shape index (κ3) is 3.75. The molecule has 1 rings (SSSR count). The molecular weight excluding hydrogens is 194 g/mol. The molecule has 4 nitrogen and oxygen atoms in total. The number of ether oxygens (including phenoxy) is 1. The second-order valence-electron chi connectivity index (χ2n) is 3.62. The van der Waals surface area contributed by atoms with Gasteiger partial charge < -0.3 is 9.15 Å². The number of hydrogen-bond acceptors (Lipinski definition) is 4. The quantitative estimate of drug-likeness (QED) is 0.695. The summed E-state index contributed by atoms with van der Waals surface area (Å²) in [5.74, 6) is 0.711. The predicted molar refractivity (Wildman–Crippen MR) is 56.3 cm³/mol. The van der Waals surface area contributed by atoms with Crippen LogP contribution >= 0.6 is 0 Å². The normalized spacial score (nSPS) is 12.8. The van der Waals surface area contributed by atoms with Gasteiger partial charge in [-0.1, -0.05) is 0 Å². The van der Waals surface area contributed by atoms with Crippen molar-refractivity contribution in [2.24, 2.45) is 0 Å². The molecule has 0 N–H and O–H groups in total. The standard InChI is InChI=1S/C11H17NO3/c1-9(7-11(13)14-3)12(2)8-10-5-4-6-15-10/h4-6,9H,7-8H2,1-3H3. The van der Waals surface area contributed by atoms with Gasteiger partial charge in [0.15, 0.2) is 0 Å². The Kier molecular flexibility index (Phi) is 4.37. The van der Waals surface area contributed by atoms with E-state index >= 15 is 0 Å². The maximum atomic E-state index is 11.1. The van der Waals surface area contributed by atoms with Crippen LogP contribution in [0.5, 0.6) is 0 Å². The van der Waals surface area contributed by atoms with Gasteiger partial charge in [0.25, 0.3) is 0 Å². The highest BCUT2D eigenvalue weighted by Crippen LogP contribution is 2.09. The summed E-state index contributed by atoms with van der Waals surface area (Å²) in [6.45, 7) is 2.69. The molecule has 0 spiro atoms. The zero-order chi connectivity index (χ0) is 11.3. The Morgan fingerprint density at radius 1 is 1.67 bits per heavy atom. The summed E-state index contributed by atoms with van der Waals surface area (Å²) in [4.78, 5) is 13.1. The van der Waals surface area contributed by atoms with Crippen molar-refractivity contribution >= 4 is 5.97 Å². The van der Waals surface area contributed by atoms with E-state index in [1.807, 2.05) is 26.1 Å². The van der Waals surface area contributed by atoms with E-state index in [-0.39, 0.29) is 12.0 Å². The zero-order valence-corrected chi connectivity index (χ0v) is 9.40. The summed E-state index contributed by atoms with van der Waals surface area (Å²) in [6.07, 6.45) is 2.04. The number of hydrogen-bond donors (Lipinski definition) is 0. The maximum absolute atomic E-state index is 11.1. The van der Waals surface area contributed by atoms with Crippen LogP contribution in [-0.2, 0) is 16.1 Å². The number of methoxy groups -OCH3 is 1. The van der Waals surface area contributed by atoms with Gasteiger partial charge in [-0.15, -0.1) is 0 Å². The molecule has 0 aliphatic rings. The first-order chi connectivity index (χ1) is 7.13. The molecule has 1 aromatic heterocycles. The van der Waals surface area contributed by atoms with Crippen LogP contribution in [0.15, 0.2) is 22.8 Å². The Morgan fingerprint density at radius 3 is 2.93 bits per heavy atom. The SMILES string of the molecule is COC(=O)CC(C)N(C)Cc1ccco1. The fraction of sp³-hybridized carbons (Fsp3) is 0.545. The van der Waals surface area contributed by atoms with Gasteiger partial charge in [-0.2, -0.15) is 0 Å². The van der Waals surface area contributed by atoms with Crippen LogP contribution in [0.3, 0.4) is 0 Å². The van der Waals surface area contributed by atoms with Crippen LogP contribution in [-0.4, -0.2) is 31.1 Å². The van der Waals surface area contributed by atoms with Crippen LogP contribution in [0.25, 0.3) is 0 Å². The van der Waals surface area contributed by atoms with E-state index in [4.69, 9.17) is 4.42 Å². The molecule has 0 amide bonds. The topological polar surface area (TPSA) is 42.7 Å². The molecule has 0 aliphatic heterocycles. The van der Waals surface area contributed by atoms with Gasteiger partial charge in [0, 0.05) is 6.04 Å². The molecule has 0 fully saturated rings. The van der Waals surface area contributed by atoms with E-state index in [1.54, 1.807) is 6.26 Å². The van der Waals surface area contributed by atoms with Gasteiger partial charge in [0.1, 0.15) is 5.76 Å². The summed E-state index contributed by atoms with van der Waals surface area (Å²) in [5, 5.41) is 0. The number of furan rings is 1. The minimum atomic E-state index is -0.186. The fourth-order valence-electron chi connectivity index (χ4n) is 1.28. The van der Waals surface area contributed by atoms with Crippen molar-refractivity contribution in [1.82, 2.24) is 4.90 Å². The Morgan fingerprint density at radius 2 is 2.40 bits per heavy atom. The van der Waals surface area contributed by atoms with Gasteiger partial charge >= 0.3 is 5.97 Å². The van der Waals surface area contributed by atoms with E-state index in [0.717, 1.165) is 5.76 Å². The summed E-state index contributed by atoms with van der Waals surface area (Å²) < 4.78 is 9.84. The highest BCUT2D eigenvalue weighted by Gasteiger charge is 2.14. The summed E-state index contributed by atoms with van der Waals surface area (Å²) in [6, 6.07) is 3.91. The van der Waals surface area contributed by atoms with Crippen molar-refractivity contribution in [3.8, 4) is 0 Å². The lowest BCUT2D eigenvalue weighted by molar-refractivity contribution is -0.141. The number of rotatable bonds is 5. The molecule has 0 bridgehead atoms. The lowest BCUT2D eigenvalue weighted by Gasteiger charge is -2.22. The predicted octanol–water partition coefficient (Wildman–Crippen LogP) is 1.66. The molecule has 1 aromatic rings. The molecule has 4 heteroatoms. The molecule has 84 valence electrons. The Bertz CT molecular complexity index is 295. The monoisotopic (exact) mass is 211 g/mol. The molecule has 1 unspecified atom stereocenters. The molecule has 0 aromatic carbocycles. The van der Waals surface area contributed by atoms with E-state index in [9.17, 15) is 4.79 Å². The summed E-state index contributed by atoms with van der Waals surface area (Å²) >= 11 is 0. The maximum Gasteiger partial charge on any atom is 0.307 e. The first-order valence-corrected chi connectivity index (χ1v) is 4.93. The van der Waals surface area contributed by atoms with Crippen molar-refractivity contribution in [3.63, 3.8) is 0 Å². The molecule has 15 heavy (non-hydrogen) atoms. The third-order valence-corrected chi connectivity index (χ3v) is 2.43. The van der Waals surface area contributed by atoms with Crippen molar-refractivity contribution in [2.45, 2.75) is 25.9 Å². The van der Waals surface area contributed by atoms with Gasteiger partial charge in [0.2, 0.25) is 0 Å². The second-order valence-corrected chi connectivity index (χ2v) is 3.62. The molecule has 0 saturated heterocycles. The molecular formula is C11H17NO3. The smallest absolute Gasteiger partial charge is 0.307 e. The molecule has 1 atom stereocenters. The van der Waals surface area contributed by atoms with Gasteiger partial charge in [-0.05, 0) is 26.1 Å². The molecule has 0 radical (unpaired) electrons. The summed E-state index contributed by atoms with van der Waals surface area (Å²) in [5.41, 5.74) is 0. The minimum absolute atomic E-state index is 0.141. The van der Waals surface area contributed by atoms with Gasteiger partial charge in [0.05, 0.1) is 26.3 Å². The number of esters is 1. The summed E-state index contributed by atoms with van der Waals surface area (Å²) in [7, 11) is 3.36. The van der Waals surface area contributed by atoms with Gasteiger partial charge in [-0.3, -0.25) is 9.69 Å². The van der Waals surface area contributed by atoms with E-state index in [0.29, 0.717) is 13.0 Å². The van der Waals surface area contributed by atoms with E-state index in [2.05, 4.69) is 9.64 Å². The lowest BCUT2D eigenvalue weighted by Crippen LogP contribution is -2.30. The number of carbonyl (C=O) groups excluding carboxylic acids is 1. The van der Waals surface area contributed by atoms with Crippen LogP contribution in [0.2, 0.25) is 0 Å². The average molecular weight is 211 g/mol. The fourth-order valence-corrected chi connectivity index (χ4v) is 1.28. The Labute approximate surface area is 89.8 Å². The minimum Gasteiger partial charge on any atom is -0.469 e. The van der Waals surface area contributed by atoms with Crippen LogP contribution < -0.4 is 0 Å². The second kappa shape index (κ2) is 5.56. The van der Waals surface area contributed by atoms with Crippen molar-refractivity contribution in [3.05, 3.63) is 24.2 Å². The number of carbonyl (C=O) groups is 1. The molecule has 0 saturated carbocycles. The largest absolute Gasteiger partial charge is 0.469 e. The highest BCUT2D eigenvalue weighted by molar-refractivity contribution is 5.69. The Hall–Kier alpha value is -1.29. The highest BCUT2D eigenvalue weighted by atomic mass is 16.5. The molecule has 0 aliphatic carbocycles. The Balaban J connectivity index is 2.39. The van der Waals surface area contributed by atoms with E-state index < -0.39 is 0 Å². The number of nitrogens with zero attached hydrogens (tertiary/aromatic N) is 1. The first-order valence-electron chi connectivity index (χ1n) is 4.93. The van der Waals surface area contributed by atoms with Crippen LogP contribution in [0.4, 0.5) is 0 Å². The van der Waals surface area contributed by atoms with Gasteiger partial charge in [-0.25, -0.2) is 0 Å². The first kappa shape index (κ1) is 11.8. The third-order valence-electron chi connectivity index (χ3n) is 2.43. The van der Waals surface area contributed by atoms with Crippen LogP contribution in [0.1, 0.15) is 19.1 Å². The van der Waals surface area contributed by atoms with Crippen molar-refractivity contribution in [2.75, 3.05) is 14.2 Å². The lowest BCUT2D eigenvalue weighted by atomic mass is 10.2. The van der Waals surface area contributed by atoms with Crippen LogP contribution in [0, 0.1) is 0 Å². The zero-order valence-electron chi connectivity index (χ0n) is 9.40. The average Bonchev–Trinajstić information content (AvgIpc) is 2.70. The van der Waals surface area contributed by atoms with Crippen molar-refractivity contribution in [1.29, 1.82) is 0 Å². The van der Waals surface area contributed by atoms with Crippen molar-refractivity contribution < 1.29 is 13.9 Å².